The van der Waals surface area contributed by atoms with Crippen LogP contribution in [0, 0.1) is 3.57 Å². The van der Waals surface area contributed by atoms with Gasteiger partial charge >= 0.3 is 6.18 Å². The van der Waals surface area contributed by atoms with Crippen molar-refractivity contribution in [3.8, 4) is 11.5 Å². The van der Waals surface area contributed by atoms with Gasteiger partial charge in [0.2, 0.25) is 0 Å². The van der Waals surface area contributed by atoms with Crippen LogP contribution in [-0.4, -0.2) is 0 Å². The minimum absolute atomic E-state index is 0.00957. The van der Waals surface area contributed by atoms with E-state index in [4.69, 9.17) is 10.5 Å². The van der Waals surface area contributed by atoms with Crippen molar-refractivity contribution in [2.45, 2.75) is 6.18 Å². The van der Waals surface area contributed by atoms with Gasteiger partial charge in [0, 0.05) is 15.3 Å². The highest BCUT2D eigenvalue weighted by molar-refractivity contribution is 14.1. The molecule has 100 valence electrons. The number of halogens is 4. The van der Waals surface area contributed by atoms with Crippen molar-refractivity contribution in [3.63, 3.8) is 0 Å². The number of benzene rings is 2. The molecule has 0 radical (unpaired) electrons. The standard InChI is InChI=1S/C13H9F3INO/c14-13(15,16)8-5-10(18)7-12(6-8)19-11-3-1-9(17)2-4-11/h1-7H,18H2. The molecule has 0 spiro atoms. The van der Waals surface area contributed by atoms with Crippen LogP contribution < -0.4 is 10.5 Å². The fourth-order valence-corrected chi connectivity index (χ4v) is 1.84. The zero-order chi connectivity index (χ0) is 14.0. The number of nitrogens with two attached hydrogens (primary N) is 1. The average Bonchev–Trinajstić information content (AvgIpc) is 2.30. The summed E-state index contributed by atoms with van der Waals surface area (Å²) in [4.78, 5) is 0. The SMILES string of the molecule is Nc1cc(Oc2ccc(I)cc2)cc(C(F)(F)F)c1. The zero-order valence-corrected chi connectivity index (χ0v) is 11.7. The van der Waals surface area contributed by atoms with Crippen LogP contribution in [0.5, 0.6) is 11.5 Å². The van der Waals surface area contributed by atoms with Gasteiger partial charge in [0.15, 0.2) is 0 Å². The molecule has 0 aromatic heterocycles. The van der Waals surface area contributed by atoms with Gasteiger partial charge in [0.05, 0.1) is 5.56 Å². The second-order valence-electron chi connectivity index (χ2n) is 3.84. The van der Waals surface area contributed by atoms with Crippen molar-refractivity contribution in [2.75, 3.05) is 5.73 Å². The van der Waals surface area contributed by atoms with Crippen LogP contribution >= 0.6 is 22.6 Å². The normalized spacial score (nSPS) is 11.4. The molecule has 0 aliphatic carbocycles. The molecular formula is C13H9F3INO. The first kappa shape index (κ1) is 14.0. The van der Waals surface area contributed by atoms with E-state index in [-0.39, 0.29) is 11.4 Å². The summed E-state index contributed by atoms with van der Waals surface area (Å²) >= 11 is 2.12. The number of hydrogen-bond donors (Lipinski definition) is 1. The molecule has 2 rings (SSSR count). The summed E-state index contributed by atoms with van der Waals surface area (Å²) in [7, 11) is 0. The van der Waals surface area contributed by atoms with E-state index in [1.165, 1.54) is 6.07 Å². The Hall–Kier alpha value is -1.44. The Balaban J connectivity index is 2.30. The summed E-state index contributed by atoms with van der Waals surface area (Å²) in [5, 5.41) is 0. The van der Waals surface area contributed by atoms with E-state index in [1.807, 2.05) is 0 Å². The fourth-order valence-electron chi connectivity index (χ4n) is 1.48. The van der Waals surface area contributed by atoms with Crippen molar-refractivity contribution in [1.82, 2.24) is 0 Å². The number of rotatable bonds is 2. The average molecular weight is 379 g/mol. The Morgan fingerprint density at radius 3 is 2.16 bits per heavy atom. The molecule has 0 heterocycles. The molecule has 0 saturated heterocycles. The van der Waals surface area contributed by atoms with Gasteiger partial charge in [0.1, 0.15) is 11.5 Å². The van der Waals surface area contributed by atoms with E-state index >= 15 is 0 Å². The third-order valence-corrected chi connectivity index (χ3v) is 3.02. The second kappa shape index (κ2) is 5.28. The number of anilines is 1. The molecule has 0 bridgehead atoms. The maximum absolute atomic E-state index is 12.6. The molecule has 0 amide bonds. The van der Waals surface area contributed by atoms with Crippen molar-refractivity contribution in [2.24, 2.45) is 0 Å². The largest absolute Gasteiger partial charge is 0.457 e. The van der Waals surface area contributed by atoms with E-state index in [2.05, 4.69) is 22.6 Å². The topological polar surface area (TPSA) is 35.2 Å². The molecule has 0 unspecified atom stereocenters. The molecular weight excluding hydrogens is 370 g/mol. The van der Waals surface area contributed by atoms with Gasteiger partial charge in [-0.05, 0) is 59.0 Å². The predicted octanol–water partition coefficient (Wildman–Crippen LogP) is 4.68. The summed E-state index contributed by atoms with van der Waals surface area (Å²) in [5.74, 6) is 0.521. The molecule has 19 heavy (non-hydrogen) atoms. The number of alkyl halides is 3. The zero-order valence-electron chi connectivity index (χ0n) is 9.54. The monoisotopic (exact) mass is 379 g/mol. The van der Waals surface area contributed by atoms with Crippen LogP contribution in [0.15, 0.2) is 42.5 Å². The lowest BCUT2D eigenvalue weighted by Crippen LogP contribution is -2.06. The predicted molar refractivity (Wildman–Crippen MR) is 75.1 cm³/mol. The smallest absolute Gasteiger partial charge is 0.416 e. The highest BCUT2D eigenvalue weighted by atomic mass is 127. The fraction of sp³-hybridized carbons (Fsp3) is 0.0769. The van der Waals surface area contributed by atoms with Gasteiger partial charge in [-0.1, -0.05) is 0 Å². The summed E-state index contributed by atoms with van der Waals surface area (Å²) in [6.07, 6.45) is -4.44. The third kappa shape index (κ3) is 3.76. The number of nitrogen functional groups attached to an aromatic ring is 1. The lowest BCUT2D eigenvalue weighted by Gasteiger charge is -2.11. The van der Waals surface area contributed by atoms with E-state index in [9.17, 15) is 13.2 Å². The van der Waals surface area contributed by atoms with Gasteiger partial charge in [-0.25, -0.2) is 0 Å². The Kier molecular flexibility index (Phi) is 3.88. The highest BCUT2D eigenvalue weighted by Crippen LogP contribution is 2.34. The van der Waals surface area contributed by atoms with Crippen molar-refractivity contribution >= 4 is 28.3 Å². The molecule has 0 aliphatic heterocycles. The first-order valence-corrected chi connectivity index (χ1v) is 6.34. The van der Waals surface area contributed by atoms with E-state index in [0.717, 1.165) is 15.7 Å². The summed E-state index contributed by atoms with van der Waals surface area (Å²) < 4.78 is 44.3. The summed E-state index contributed by atoms with van der Waals surface area (Å²) in [5.41, 5.74) is 4.64. The van der Waals surface area contributed by atoms with Gasteiger partial charge in [-0.3, -0.25) is 0 Å². The summed E-state index contributed by atoms with van der Waals surface area (Å²) in [6, 6.07) is 10.1. The van der Waals surface area contributed by atoms with Crippen LogP contribution in [-0.2, 0) is 6.18 Å². The Labute approximate surface area is 121 Å². The Bertz CT molecular complexity index is 581. The molecule has 2 aromatic rings. The summed E-state index contributed by atoms with van der Waals surface area (Å²) in [6.45, 7) is 0. The van der Waals surface area contributed by atoms with Crippen molar-refractivity contribution in [3.05, 3.63) is 51.6 Å². The third-order valence-electron chi connectivity index (χ3n) is 2.31. The molecule has 6 heteroatoms. The molecule has 0 saturated carbocycles. The molecule has 2 N–H and O–H groups in total. The van der Waals surface area contributed by atoms with Gasteiger partial charge in [-0.15, -0.1) is 0 Å². The van der Waals surface area contributed by atoms with E-state index in [0.29, 0.717) is 5.75 Å². The van der Waals surface area contributed by atoms with Gasteiger partial charge in [0.25, 0.3) is 0 Å². The van der Waals surface area contributed by atoms with Crippen molar-refractivity contribution in [1.29, 1.82) is 0 Å². The van der Waals surface area contributed by atoms with E-state index < -0.39 is 11.7 Å². The van der Waals surface area contributed by atoms with Crippen LogP contribution in [0.1, 0.15) is 5.56 Å². The quantitative estimate of drug-likeness (QED) is 0.607. The number of ether oxygens (including phenoxy) is 1. The van der Waals surface area contributed by atoms with Crippen LogP contribution in [0.25, 0.3) is 0 Å². The lowest BCUT2D eigenvalue weighted by molar-refractivity contribution is -0.137. The van der Waals surface area contributed by atoms with Crippen molar-refractivity contribution < 1.29 is 17.9 Å². The Morgan fingerprint density at radius 1 is 0.947 bits per heavy atom. The minimum Gasteiger partial charge on any atom is -0.457 e. The molecule has 0 fully saturated rings. The van der Waals surface area contributed by atoms with Crippen LogP contribution in [0.3, 0.4) is 0 Å². The van der Waals surface area contributed by atoms with Crippen LogP contribution in [0.2, 0.25) is 0 Å². The number of hydrogen-bond acceptors (Lipinski definition) is 2. The molecule has 0 aliphatic rings. The second-order valence-corrected chi connectivity index (χ2v) is 5.09. The first-order chi connectivity index (χ1) is 8.84. The molecule has 2 aromatic carbocycles. The molecule has 2 nitrogen and oxygen atoms in total. The van der Waals surface area contributed by atoms with Gasteiger partial charge < -0.3 is 10.5 Å². The van der Waals surface area contributed by atoms with Gasteiger partial charge in [-0.2, -0.15) is 13.2 Å². The maximum Gasteiger partial charge on any atom is 0.416 e. The molecule has 0 atom stereocenters. The van der Waals surface area contributed by atoms with E-state index in [1.54, 1.807) is 24.3 Å². The highest BCUT2D eigenvalue weighted by Gasteiger charge is 2.31. The minimum atomic E-state index is -4.44. The lowest BCUT2D eigenvalue weighted by atomic mass is 10.2. The van der Waals surface area contributed by atoms with Crippen LogP contribution in [0.4, 0.5) is 18.9 Å². The maximum atomic E-state index is 12.6. The Morgan fingerprint density at radius 2 is 1.58 bits per heavy atom. The first-order valence-electron chi connectivity index (χ1n) is 5.26.